The van der Waals surface area contributed by atoms with E-state index in [9.17, 15) is 9.59 Å². The van der Waals surface area contributed by atoms with Crippen LogP contribution in [0.2, 0.25) is 0 Å². The second-order valence-electron chi connectivity index (χ2n) is 3.91. The first-order chi connectivity index (χ1) is 5.74. The lowest BCUT2D eigenvalue weighted by Crippen LogP contribution is -2.30. The van der Waals surface area contributed by atoms with Gasteiger partial charge >= 0.3 is 5.97 Å². The molecule has 3 nitrogen and oxygen atoms in total. The van der Waals surface area contributed by atoms with Crippen molar-refractivity contribution in [1.29, 1.82) is 0 Å². The minimum Gasteiger partial charge on any atom is -0.481 e. The molecular weight excluding hydrogens is 156 g/mol. The van der Waals surface area contributed by atoms with Crippen molar-refractivity contribution in [3.63, 3.8) is 0 Å². The highest BCUT2D eigenvalue weighted by Crippen LogP contribution is 2.51. The van der Waals surface area contributed by atoms with E-state index in [4.69, 9.17) is 5.11 Å². The molecule has 0 saturated heterocycles. The first-order valence-electron chi connectivity index (χ1n) is 4.42. The number of aliphatic carboxylic acids is 1. The zero-order chi connectivity index (χ0) is 8.72. The van der Waals surface area contributed by atoms with Crippen LogP contribution in [-0.4, -0.2) is 17.4 Å². The minimum absolute atomic E-state index is 0.193. The molecule has 0 heterocycles. The van der Waals surface area contributed by atoms with E-state index >= 15 is 0 Å². The Morgan fingerprint density at radius 3 is 2.50 bits per heavy atom. The molecule has 2 aliphatic rings. The summed E-state index contributed by atoms with van der Waals surface area (Å²) >= 11 is 0. The van der Waals surface area contributed by atoms with Crippen molar-refractivity contribution in [1.82, 2.24) is 0 Å². The van der Waals surface area contributed by atoms with Crippen LogP contribution in [-0.2, 0) is 9.59 Å². The van der Waals surface area contributed by atoms with Crippen LogP contribution in [0.4, 0.5) is 0 Å². The van der Waals surface area contributed by atoms with Crippen molar-refractivity contribution in [3.05, 3.63) is 0 Å². The third kappa shape index (κ3) is 0.886. The van der Waals surface area contributed by atoms with E-state index in [1.54, 1.807) is 0 Å². The van der Waals surface area contributed by atoms with E-state index in [-0.39, 0.29) is 17.8 Å². The Bertz CT molecular complexity index is 224. The number of carboxylic acid groups (broad SMARTS) is 1. The second-order valence-corrected chi connectivity index (χ2v) is 3.91. The Kier molecular flexibility index (Phi) is 1.67. The molecule has 4 unspecified atom stereocenters. The van der Waals surface area contributed by atoms with Gasteiger partial charge in [0.25, 0.3) is 0 Å². The van der Waals surface area contributed by atoms with Gasteiger partial charge in [0, 0.05) is 5.92 Å². The van der Waals surface area contributed by atoms with Crippen molar-refractivity contribution in [3.8, 4) is 0 Å². The third-order valence-electron chi connectivity index (χ3n) is 3.42. The van der Waals surface area contributed by atoms with Crippen LogP contribution in [0.5, 0.6) is 0 Å². The Balaban J connectivity index is 2.21. The van der Waals surface area contributed by atoms with Crippen LogP contribution in [0, 0.1) is 23.7 Å². The molecule has 0 spiro atoms. The Labute approximate surface area is 70.8 Å². The van der Waals surface area contributed by atoms with Gasteiger partial charge in [-0.25, -0.2) is 0 Å². The van der Waals surface area contributed by atoms with Gasteiger partial charge in [0.15, 0.2) is 0 Å². The van der Waals surface area contributed by atoms with Gasteiger partial charge in [-0.1, -0.05) is 0 Å². The molecule has 1 N–H and O–H groups in total. The fraction of sp³-hybridized carbons (Fsp3) is 0.778. The summed E-state index contributed by atoms with van der Waals surface area (Å²) in [5, 5.41) is 8.88. The number of hydrogen-bond donors (Lipinski definition) is 1. The van der Waals surface area contributed by atoms with Gasteiger partial charge in [-0.2, -0.15) is 0 Å². The first-order valence-corrected chi connectivity index (χ1v) is 4.42. The highest BCUT2D eigenvalue weighted by molar-refractivity contribution is 5.76. The van der Waals surface area contributed by atoms with Crippen molar-refractivity contribution < 1.29 is 14.7 Å². The number of carboxylic acids is 1. The smallest absolute Gasteiger partial charge is 0.307 e. The molecule has 0 aliphatic heterocycles. The van der Waals surface area contributed by atoms with E-state index < -0.39 is 5.97 Å². The van der Waals surface area contributed by atoms with Crippen LogP contribution in [0.25, 0.3) is 0 Å². The predicted molar refractivity (Wildman–Crippen MR) is 41.5 cm³/mol. The molecule has 4 atom stereocenters. The summed E-state index contributed by atoms with van der Waals surface area (Å²) in [5.41, 5.74) is 0. The van der Waals surface area contributed by atoms with E-state index in [0.717, 1.165) is 25.5 Å². The standard InChI is InChI=1S/C9H12O3/c10-4-7-5-1-2-6(3-5)8(7)9(11)12/h4-8H,1-3H2,(H,11,12). The van der Waals surface area contributed by atoms with E-state index in [1.807, 2.05) is 0 Å². The van der Waals surface area contributed by atoms with Crippen molar-refractivity contribution >= 4 is 12.3 Å². The highest BCUT2D eigenvalue weighted by Gasteiger charge is 2.50. The summed E-state index contributed by atoms with van der Waals surface area (Å²) in [7, 11) is 0. The number of fused-ring (bicyclic) bond motifs is 2. The number of carbonyl (C=O) groups is 2. The molecule has 0 amide bonds. The number of rotatable bonds is 2. The average Bonchev–Trinajstić information content (AvgIpc) is 2.60. The first kappa shape index (κ1) is 7.77. The molecule has 3 heteroatoms. The summed E-state index contributed by atoms with van der Waals surface area (Å²) in [6.45, 7) is 0. The van der Waals surface area contributed by atoms with Gasteiger partial charge < -0.3 is 9.90 Å². The minimum atomic E-state index is -0.778. The van der Waals surface area contributed by atoms with Crippen LogP contribution < -0.4 is 0 Å². The number of hydrogen-bond acceptors (Lipinski definition) is 2. The lowest BCUT2D eigenvalue weighted by molar-refractivity contribution is -0.147. The van der Waals surface area contributed by atoms with Gasteiger partial charge in [0.2, 0.25) is 0 Å². The number of carbonyl (C=O) groups excluding carboxylic acids is 1. The van der Waals surface area contributed by atoms with Crippen molar-refractivity contribution in [2.45, 2.75) is 19.3 Å². The Hall–Kier alpha value is -0.860. The van der Waals surface area contributed by atoms with Crippen molar-refractivity contribution in [2.24, 2.45) is 23.7 Å². The average molecular weight is 168 g/mol. The van der Waals surface area contributed by atoms with Crippen molar-refractivity contribution in [2.75, 3.05) is 0 Å². The van der Waals surface area contributed by atoms with Gasteiger partial charge in [-0.3, -0.25) is 4.79 Å². The highest BCUT2D eigenvalue weighted by atomic mass is 16.4. The number of aldehydes is 1. The zero-order valence-corrected chi connectivity index (χ0v) is 6.77. The molecule has 2 rings (SSSR count). The fourth-order valence-corrected chi connectivity index (χ4v) is 2.90. The Morgan fingerprint density at radius 1 is 1.33 bits per heavy atom. The largest absolute Gasteiger partial charge is 0.481 e. The maximum Gasteiger partial charge on any atom is 0.307 e. The summed E-state index contributed by atoms with van der Waals surface area (Å²) in [6, 6.07) is 0. The molecule has 0 aromatic heterocycles. The molecule has 0 aromatic rings. The monoisotopic (exact) mass is 168 g/mol. The topological polar surface area (TPSA) is 54.4 Å². The van der Waals surface area contributed by atoms with Gasteiger partial charge in [0.1, 0.15) is 6.29 Å². The van der Waals surface area contributed by atoms with E-state index in [2.05, 4.69) is 0 Å². The van der Waals surface area contributed by atoms with Gasteiger partial charge in [0.05, 0.1) is 5.92 Å². The third-order valence-corrected chi connectivity index (χ3v) is 3.42. The van der Waals surface area contributed by atoms with Gasteiger partial charge in [-0.05, 0) is 31.1 Å². The quantitative estimate of drug-likeness (QED) is 0.624. The summed E-state index contributed by atoms with van der Waals surface area (Å²) < 4.78 is 0. The molecule has 2 bridgehead atoms. The summed E-state index contributed by atoms with van der Waals surface area (Å²) in [6.07, 6.45) is 3.87. The maximum atomic E-state index is 10.8. The van der Waals surface area contributed by atoms with E-state index in [1.165, 1.54) is 0 Å². The van der Waals surface area contributed by atoms with Crippen LogP contribution >= 0.6 is 0 Å². The molecule has 2 saturated carbocycles. The molecule has 0 radical (unpaired) electrons. The summed E-state index contributed by atoms with van der Waals surface area (Å²) in [4.78, 5) is 21.5. The van der Waals surface area contributed by atoms with Crippen LogP contribution in [0.15, 0.2) is 0 Å². The maximum absolute atomic E-state index is 10.8. The molecule has 12 heavy (non-hydrogen) atoms. The summed E-state index contributed by atoms with van der Waals surface area (Å²) in [5.74, 6) is -0.696. The van der Waals surface area contributed by atoms with E-state index in [0.29, 0.717) is 5.92 Å². The molecule has 2 aliphatic carbocycles. The molecule has 2 fully saturated rings. The molecule has 0 aromatic carbocycles. The molecular formula is C9H12O3. The SMILES string of the molecule is O=CC1C2CCC(C2)C1C(=O)O. The second kappa shape index (κ2) is 2.57. The van der Waals surface area contributed by atoms with Gasteiger partial charge in [-0.15, -0.1) is 0 Å². The lowest BCUT2D eigenvalue weighted by atomic mass is 9.80. The molecule has 66 valence electrons. The van der Waals surface area contributed by atoms with Crippen LogP contribution in [0.3, 0.4) is 0 Å². The lowest BCUT2D eigenvalue weighted by Gasteiger charge is -2.22. The normalized spacial score (nSPS) is 44.7. The zero-order valence-electron chi connectivity index (χ0n) is 6.77. The van der Waals surface area contributed by atoms with Crippen LogP contribution in [0.1, 0.15) is 19.3 Å². The Morgan fingerprint density at radius 2 is 2.00 bits per heavy atom. The fourth-order valence-electron chi connectivity index (χ4n) is 2.90. The predicted octanol–water partition coefficient (Wildman–Crippen LogP) is 0.932.